The predicted octanol–water partition coefficient (Wildman–Crippen LogP) is 4.21. The number of para-hydroxylation sites is 1. The number of hydrogen-bond acceptors (Lipinski definition) is 3. The van der Waals surface area contributed by atoms with Crippen LogP contribution in [0.3, 0.4) is 0 Å². The summed E-state index contributed by atoms with van der Waals surface area (Å²) < 4.78 is 11.4. The van der Waals surface area contributed by atoms with Crippen molar-refractivity contribution in [1.29, 1.82) is 0 Å². The van der Waals surface area contributed by atoms with Crippen LogP contribution in [0, 0.1) is 6.92 Å². The van der Waals surface area contributed by atoms with E-state index in [1.807, 2.05) is 49.4 Å². The minimum Gasteiger partial charge on any atom is -0.493 e. The van der Waals surface area contributed by atoms with Gasteiger partial charge in [0.15, 0.2) is 11.5 Å². The summed E-state index contributed by atoms with van der Waals surface area (Å²) in [5, 5.41) is 0. The molecule has 0 amide bonds. The molecule has 0 radical (unpaired) electrons. The van der Waals surface area contributed by atoms with Crippen molar-refractivity contribution in [2.75, 3.05) is 7.11 Å². The highest BCUT2D eigenvalue weighted by atomic mass is 16.5. The lowest BCUT2D eigenvalue weighted by Crippen LogP contribution is -2.09. The van der Waals surface area contributed by atoms with Crippen molar-refractivity contribution >= 4 is 0 Å². The van der Waals surface area contributed by atoms with Crippen LogP contribution >= 0.6 is 0 Å². The fourth-order valence-electron chi connectivity index (χ4n) is 2.08. The average molecular weight is 271 g/mol. The highest BCUT2D eigenvalue weighted by Gasteiger charge is 2.12. The van der Waals surface area contributed by atoms with E-state index >= 15 is 0 Å². The van der Waals surface area contributed by atoms with Gasteiger partial charge in [-0.2, -0.15) is 0 Å². The standard InChI is InChI=1S/C17H21NO2/c1-4-14(18)13-7-5-6-8-15(13)20-16-10-9-12(2)11-17(16)19-3/h5-11,14H,4,18H2,1-3H3/t14-/m0/s1. The first-order valence-electron chi connectivity index (χ1n) is 6.82. The molecule has 2 rings (SSSR count). The van der Waals surface area contributed by atoms with Crippen molar-refractivity contribution in [3.05, 3.63) is 53.6 Å². The maximum Gasteiger partial charge on any atom is 0.169 e. The highest BCUT2D eigenvalue weighted by Crippen LogP contribution is 2.35. The first kappa shape index (κ1) is 14.4. The molecule has 0 aromatic heterocycles. The normalized spacial score (nSPS) is 12.0. The lowest BCUT2D eigenvalue weighted by atomic mass is 10.0. The summed E-state index contributed by atoms with van der Waals surface area (Å²) in [7, 11) is 1.64. The molecular weight excluding hydrogens is 250 g/mol. The molecule has 0 unspecified atom stereocenters. The molecule has 0 heterocycles. The molecule has 2 N–H and O–H groups in total. The van der Waals surface area contributed by atoms with Crippen molar-refractivity contribution in [3.63, 3.8) is 0 Å². The Morgan fingerprint density at radius 1 is 1.05 bits per heavy atom. The van der Waals surface area contributed by atoms with Gasteiger partial charge in [-0.05, 0) is 37.1 Å². The Morgan fingerprint density at radius 3 is 2.50 bits per heavy atom. The van der Waals surface area contributed by atoms with Crippen molar-refractivity contribution in [2.24, 2.45) is 5.73 Å². The van der Waals surface area contributed by atoms with Crippen LogP contribution in [0.2, 0.25) is 0 Å². The van der Waals surface area contributed by atoms with Gasteiger partial charge in [0.2, 0.25) is 0 Å². The lowest BCUT2D eigenvalue weighted by molar-refractivity contribution is 0.376. The molecule has 3 nitrogen and oxygen atoms in total. The van der Waals surface area contributed by atoms with Crippen LogP contribution in [0.25, 0.3) is 0 Å². The molecule has 2 aromatic rings. The monoisotopic (exact) mass is 271 g/mol. The molecule has 0 bridgehead atoms. The van der Waals surface area contributed by atoms with Crippen molar-refractivity contribution in [1.82, 2.24) is 0 Å². The van der Waals surface area contributed by atoms with Crippen LogP contribution in [-0.2, 0) is 0 Å². The van der Waals surface area contributed by atoms with Gasteiger partial charge in [-0.3, -0.25) is 0 Å². The second-order valence-electron chi connectivity index (χ2n) is 4.81. The fourth-order valence-corrected chi connectivity index (χ4v) is 2.08. The zero-order valence-electron chi connectivity index (χ0n) is 12.2. The number of methoxy groups -OCH3 is 1. The molecule has 106 valence electrons. The summed E-state index contributed by atoms with van der Waals surface area (Å²) in [6.45, 7) is 4.08. The number of benzene rings is 2. The number of rotatable bonds is 5. The van der Waals surface area contributed by atoms with Gasteiger partial charge in [-0.25, -0.2) is 0 Å². The summed E-state index contributed by atoms with van der Waals surface area (Å²) in [4.78, 5) is 0. The van der Waals surface area contributed by atoms with E-state index in [0.29, 0.717) is 5.75 Å². The summed E-state index contributed by atoms with van der Waals surface area (Å²) in [5.41, 5.74) is 8.28. The quantitative estimate of drug-likeness (QED) is 0.886. The average Bonchev–Trinajstić information content (AvgIpc) is 2.48. The summed E-state index contributed by atoms with van der Waals surface area (Å²) >= 11 is 0. The number of nitrogens with two attached hydrogens (primary N) is 1. The van der Waals surface area contributed by atoms with Crippen molar-refractivity contribution in [3.8, 4) is 17.2 Å². The smallest absolute Gasteiger partial charge is 0.169 e. The van der Waals surface area contributed by atoms with Gasteiger partial charge in [0.25, 0.3) is 0 Å². The molecule has 20 heavy (non-hydrogen) atoms. The van der Waals surface area contributed by atoms with E-state index in [1.165, 1.54) is 0 Å². The first-order valence-corrected chi connectivity index (χ1v) is 6.82. The summed E-state index contributed by atoms with van der Waals surface area (Å²) in [6.07, 6.45) is 0.866. The second kappa shape index (κ2) is 6.44. The number of ether oxygens (including phenoxy) is 2. The van der Waals surface area contributed by atoms with Crippen LogP contribution in [0.4, 0.5) is 0 Å². The van der Waals surface area contributed by atoms with E-state index < -0.39 is 0 Å². The number of hydrogen-bond donors (Lipinski definition) is 1. The van der Waals surface area contributed by atoms with Gasteiger partial charge < -0.3 is 15.2 Å². The van der Waals surface area contributed by atoms with E-state index in [-0.39, 0.29) is 6.04 Å². The molecule has 2 aromatic carbocycles. The minimum atomic E-state index is -0.0253. The summed E-state index contributed by atoms with van der Waals surface area (Å²) in [5.74, 6) is 2.21. The van der Waals surface area contributed by atoms with Gasteiger partial charge >= 0.3 is 0 Å². The van der Waals surface area contributed by atoms with Gasteiger partial charge in [0.05, 0.1) is 7.11 Å². The minimum absolute atomic E-state index is 0.0253. The largest absolute Gasteiger partial charge is 0.493 e. The van der Waals surface area contributed by atoms with Crippen LogP contribution in [0.1, 0.15) is 30.5 Å². The van der Waals surface area contributed by atoms with Gasteiger partial charge in [0, 0.05) is 11.6 Å². The van der Waals surface area contributed by atoms with Crippen LogP contribution < -0.4 is 15.2 Å². The zero-order valence-corrected chi connectivity index (χ0v) is 12.2. The Labute approximate surface area is 120 Å². The summed E-state index contributed by atoms with van der Waals surface area (Å²) in [6, 6.07) is 13.7. The van der Waals surface area contributed by atoms with Crippen molar-refractivity contribution < 1.29 is 9.47 Å². The van der Waals surface area contributed by atoms with E-state index in [4.69, 9.17) is 15.2 Å². The van der Waals surface area contributed by atoms with Crippen LogP contribution in [-0.4, -0.2) is 7.11 Å². The lowest BCUT2D eigenvalue weighted by Gasteiger charge is -2.17. The van der Waals surface area contributed by atoms with Gasteiger partial charge in [-0.1, -0.05) is 31.2 Å². The van der Waals surface area contributed by atoms with Crippen molar-refractivity contribution in [2.45, 2.75) is 26.3 Å². The molecule has 0 fully saturated rings. The Kier molecular flexibility index (Phi) is 4.64. The highest BCUT2D eigenvalue weighted by molar-refractivity contribution is 5.47. The zero-order chi connectivity index (χ0) is 14.5. The molecule has 0 saturated carbocycles. The molecule has 0 saturated heterocycles. The van der Waals surface area contributed by atoms with E-state index in [1.54, 1.807) is 7.11 Å². The third-order valence-corrected chi connectivity index (χ3v) is 3.30. The maximum absolute atomic E-state index is 6.13. The fraction of sp³-hybridized carbons (Fsp3) is 0.294. The molecule has 0 spiro atoms. The third-order valence-electron chi connectivity index (χ3n) is 3.30. The Balaban J connectivity index is 2.35. The first-order chi connectivity index (χ1) is 9.65. The Morgan fingerprint density at radius 2 is 1.80 bits per heavy atom. The van der Waals surface area contributed by atoms with E-state index in [2.05, 4.69) is 6.92 Å². The maximum atomic E-state index is 6.13. The Hall–Kier alpha value is -2.00. The molecule has 0 aliphatic heterocycles. The molecule has 0 aliphatic rings. The third kappa shape index (κ3) is 3.11. The van der Waals surface area contributed by atoms with Crippen LogP contribution in [0.5, 0.6) is 17.2 Å². The van der Waals surface area contributed by atoms with E-state index in [0.717, 1.165) is 29.0 Å². The van der Waals surface area contributed by atoms with Crippen LogP contribution in [0.15, 0.2) is 42.5 Å². The molecule has 1 atom stereocenters. The number of aryl methyl sites for hydroxylation is 1. The van der Waals surface area contributed by atoms with Gasteiger partial charge in [0.1, 0.15) is 5.75 Å². The molecular formula is C17H21NO2. The molecule has 0 aliphatic carbocycles. The van der Waals surface area contributed by atoms with Gasteiger partial charge in [-0.15, -0.1) is 0 Å². The molecule has 3 heteroatoms. The topological polar surface area (TPSA) is 44.5 Å². The predicted molar refractivity (Wildman–Crippen MR) is 81.5 cm³/mol. The second-order valence-corrected chi connectivity index (χ2v) is 4.81. The Bertz CT molecular complexity index is 581. The van der Waals surface area contributed by atoms with E-state index in [9.17, 15) is 0 Å². The SMILES string of the molecule is CC[C@H](N)c1ccccc1Oc1ccc(C)cc1OC.